The fraction of sp³-hybridized carbons (Fsp3) is 0.538. The first-order valence-electron chi connectivity index (χ1n) is 5.65. The van der Waals surface area contributed by atoms with E-state index >= 15 is 0 Å². The Morgan fingerprint density at radius 2 is 1.71 bits per heavy atom. The standard InChI is InChI=1S/C13H16O/c14-12-8-4-3-7-11-9-5-1-2-6-10(9)13(11)12/h1-2,5-6,11-14H,3-4,7-8H2/t11-,12+,13+/m0/s1. The Labute approximate surface area is 84.8 Å². The van der Waals surface area contributed by atoms with Crippen molar-refractivity contribution in [2.24, 2.45) is 0 Å². The molecule has 0 bridgehead atoms. The third-order valence-electron chi connectivity index (χ3n) is 3.87. The van der Waals surface area contributed by atoms with Crippen LogP contribution >= 0.6 is 0 Å². The van der Waals surface area contributed by atoms with Crippen molar-refractivity contribution in [2.45, 2.75) is 43.6 Å². The molecule has 2 aliphatic rings. The summed E-state index contributed by atoms with van der Waals surface area (Å²) in [6.07, 6.45) is 4.67. The van der Waals surface area contributed by atoms with Crippen LogP contribution in [0.25, 0.3) is 0 Å². The summed E-state index contributed by atoms with van der Waals surface area (Å²) in [5, 5.41) is 10.0. The lowest BCUT2D eigenvalue weighted by atomic mass is 9.65. The van der Waals surface area contributed by atoms with Crippen LogP contribution in [0.1, 0.15) is 48.6 Å². The summed E-state index contributed by atoms with van der Waals surface area (Å²) in [7, 11) is 0. The Balaban J connectivity index is 2.00. The molecule has 0 heterocycles. The first kappa shape index (κ1) is 8.49. The summed E-state index contributed by atoms with van der Waals surface area (Å²) in [5.41, 5.74) is 2.91. The second kappa shape index (κ2) is 3.09. The molecule has 0 aromatic heterocycles. The molecule has 1 aromatic carbocycles. The fourth-order valence-electron chi connectivity index (χ4n) is 3.17. The monoisotopic (exact) mass is 188 g/mol. The highest BCUT2D eigenvalue weighted by atomic mass is 16.3. The van der Waals surface area contributed by atoms with Crippen molar-refractivity contribution in [2.75, 3.05) is 0 Å². The van der Waals surface area contributed by atoms with Crippen LogP contribution in [0.5, 0.6) is 0 Å². The zero-order valence-corrected chi connectivity index (χ0v) is 8.32. The number of hydrogen-bond donors (Lipinski definition) is 1. The first-order chi connectivity index (χ1) is 6.88. The molecule has 1 heteroatoms. The highest BCUT2D eigenvalue weighted by molar-refractivity contribution is 5.46. The average molecular weight is 188 g/mol. The summed E-state index contributed by atoms with van der Waals surface area (Å²) < 4.78 is 0. The van der Waals surface area contributed by atoms with E-state index in [2.05, 4.69) is 24.3 Å². The highest BCUT2D eigenvalue weighted by Gasteiger charge is 2.41. The molecule has 0 unspecified atom stereocenters. The second-order valence-corrected chi connectivity index (χ2v) is 4.61. The zero-order chi connectivity index (χ0) is 9.54. The minimum Gasteiger partial charge on any atom is -0.392 e. The van der Waals surface area contributed by atoms with Gasteiger partial charge in [0.25, 0.3) is 0 Å². The minimum absolute atomic E-state index is 0.0857. The number of rotatable bonds is 0. The van der Waals surface area contributed by atoms with E-state index in [0.717, 1.165) is 6.42 Å². The van der Waals surface area contributed by atoms with Crippen LogP contribution in [0.2, 0.25) is 0 Å². The van der Waals surface area contributed by atoms with Crippen molar-refractivity contribution in [3.8, 4) is 0 Å². The fourth-order valence-corrected chi connectivity index (χ4v) is 3.17. The molecule has 0 radical (unpaired) electrons. The van der Waals surface area contributed by atoms with Gasteiger partial charge in [0.05, 0.1) is 6.10 Å². The number of fused-ring (bicyclic) bond motifs is 4. The molecule has 74 valence electrons. The highest BCUT2D eigenvalue weighted by Crippen LogP contribution is 2.53. The summed E-state index contributed by atoms with van der Waals surface area (Å²) in [6.45, 7) is 0. The Morgan fingerprint density at radius 3 is 2.57 bits per heavy atom. The largest absolute Gasteiger partial charge is 0.392 e. The molecule has 1 N–H and O–H groups in total. The van der Waals surface area contributed by atoms with Gasteiger partial charge in [0.15, 0.2) is 0 Å². The van der Waals surface area contributed by atoms with E-state index in [4.69, 9.17) is 0 Å². The van der Waals surface area contributed by atoms with E-state index in [1.165, 1.54) is 30.4 Å². The van der Waals surface area contributed by atoms with Gasteiger partial charge in [-0.25, -0.2) is 0 Å². The lowest BCUT2D eigenvalue weighted by molar-refractivity contribution is 0.116. The van der Waals surface area contributed by atoms with Crippen LogP contribution in [-0.4, -0.2) is 11.2 Å². The van der Waals surface area contributed by atoms with Crippen molar-refractivity contribution in [1.29, 1.82) is 0 Å². The van der Waals surface area contributed by atoms with Gasteiger partial charge in [-0.1, -0.05) is 37.1 Å². The van der Waals surface area contributed by atoms with Gasteiger partial charge >= 0.3 is 0 Å². The van der Waals surface area contributed by atoms with Gasteiger partial charge in [-0.3, -0.25) is 0 Å². The van der Waals surface area contributed by atoms with Crippen LogP contribution in [0.15, 0.2) is 24.3 Å². The van der Waals surface area contributed by atoms with E-state index in [1.54, 1.807) is 0 Å². The minimum atomic E-state index is -0.0857. The summed E-state index contributed by atoms with van der Waals surface area (Å²) >= 11 is 0. The Bertz CT molecular complexity index is 345. The number of benzene rings is 1. The van der Waals surface area contributed by atoms with Crippen molar-refractivity contribution in [3.63, 3.8) is 0 Å². The smallest absolute Gasteiger partial charge is 0.0614 e. The van der Waals surface area contributed by atoms with E-state index in [0.29, 0.717) is 11.8 Å². The van der Waals surface area contributed by atoms with Crippen LogP contribution in [0.4, 0.5) is 0 Å². The van der Waals surface area contributed by atoms with Crippen LogP contribution in [0, 0.1) is 0 Å². The van der Waals surface area contributed by atoms with Crippen LogP contribution in [-0.2, 0) is 0 Å². The SMILES string of the molecule is O[C@@H]1CCCC[C@H]2c3ccccc3[C@@H]12. The molecule has 3 atom stereocenters. The molecule has 1 aromatic rings. The zero-order valence-electron chi connectivity index (χ0n) is 8.32. The van der Waals surface area contributed by atoms with Crippen molar-refractivity contribution >= 4 is 0 Å². The lowest BCUT2D eigenvalue weighted by Crippen LogP contribution is -2.32. The van der Waals surface area contributed by atoms with Crippen molar-refractivity contribution in [1.82, 2.24) is 0 Å². The third kappa shape index (κ3) is 1.05. The Morgan fingerprint density at radius 1 is 1.00 bits per heavy atom. The summed E-state index contributed by atoms with van der Waals surface area (Å²) in [6, 6.07) is 8.62. The third-order valence-corrected chi connectivity index (χ3v) is 3.87. The van der Waals surface area contributed by atoms with Gasteiger partial charge in [-0.15, -0.1) is 0 Å². The second-order valence-electron chi connectivity index (χ2n) is 4.61. The lowest BCUT2D eigenvalue weighted by Gasteiger charge is -2.41. The quantitative estimate of drug-likeness (QED) is 0.663. The molecule has 0 spiro atoms. The molecule has 3 rings (SSSR count). The average Bonchev–Trinajstić information content (AvgIpc) is 2.33. The van der Waals surface area contributed by atoms with Crippen molar-refractivity contribution in [3.05, 3.63) is 35.4 Å². The van der Waals surface area contributed by atoms with Gasteiger partial charge in [-0.2, -0.15) is 0 Å². The van der Waals surface area contributed by atoms with E-state index in [9.17, 15) is 5.11 Å². The molecule has 0 saturated heterocycles. The molecule has 0 aliphatic heterocycles. The van der Waals surface area contributed by atoms with Gasteiger partial charge < -0.3 is 5.11 Å². The molecular weight excluding hydrogens is 172 g/mol. The van der Waals surface area contributed by atoms with Gasteiger partial charge in [0.2, 0.25) is 0 Å². The maximum absolute atomic E-state index is 10.0. The van der Waals surface area contributed by atoms with Gasteiger partial charge in [-0.05, 0) is 29.9 Å². The summed E-state index contributed by atoms with van der Waals surface area (Å²) in [4.78, 5) is 0. The summed E-state index contributed by atoms with van der Waals surface area (Å²) in [5.74, 6) is 1.11. The maximum atomic E-state index is 10.0. The van der Waals surface area contributed by atoms with Crippen LogP contribution < -0.4 is 0 Å². The molecule has 1 saturated carbocycles. The molecular formula is C13H16O. The predicted molar refractivity (Wildman–Crippen MR) is 56.4 cm³/mol. The predicted octanol–water partition coefficient (Wildman–Crippen LogP) is 2.80. The van der Waals surface area contributed by atoms with E-state index in [1.807, 2.05) is 0 Å². The molecule has 1 nitrogen and oxygen atoms in total. The van der Waals surface area contributed by atoms with Crippen molar-refractivity contribution < 1.29 is 5.11 Å². The Hall–Kier alpha value is -0.820. The normalized spacial score (nSPS) is 35.1. The van der Waals surface area contributed by atoms with Crippen LogP contribution in [0.3, 0.4) is 0 Å². The maximum Gasteiger partial charge on any atom is 0.0614 e. The molecule has 2 aliphatic carbocycles. The number of aliphatic hydroxyl groups is 1. The molecule has 1 fully saturated rings. The van der Waals surface area contributed by atoms with Gasteiger partial charge in [0, 0.05) is 5.92 Å². The van der Waals surface area contributed by atoms with E-state index < -0.39 is 0 Å². The number of hydrogen-bond acceptors (Lipinski definition) is 1. The van der Waals surface area contributed by atoms with E-state index in [-0.39, 0.29) is 6.10 Å². The molecule has 0 amide bonds. The Kier molecular flexibility index (Phi) is 1.88. The topological polar surface area (TPSA) is 20.2 Å². The van der Waals surface area contributed by atoms with Gasteiger partial charge in [0.1, 0.15) is 0 Å². The molecule has 14 heavy (non-hydrogen) atoms. The first-order valence-corrected chi connectivity index (χ1v) is 5.65. The number of aliphatic hydroxyl groups excluding tert-OH is 1.